The van der Waals surface area contributed by atoms with Crippen molar-refractivity contribution in [3.05, 3.63) is 77.4 Å². The molecule has 0 bridgehead atoms. The molecule has 0 N–H and O–H groups in total. The monoisotopic (exact) mass is 416 g/mol. The summed E-state index contributed by atoms with van der Waals surface area (Å²) in [5, 5.41) is 0. The molecule has 0 fully saturated rings. The summed E-state index contributed by atoms with van der Waals surface area (Å²) < 4.78 is 34.0. The second-order valence-electron chi connectivity index (χ2n) is 7.81. The molecular formula is C25H20O6. The van der Waals surface area contributed by atoms with E-state index in [1.165, 1.54) is 0 Å². The van der Waals surface area contributed by atoms with E-state index in [0.717, 1.165) is 51.2 Å². The van der Waals surface area contributed by atoms with Crippen LogP contribution in [0, 0.1) is 0 Å². The number of allylic oxidation sites excluding steroid dienone is 1. The number of fused-ring (bicyclic) bond motifs is 3. The molecule has 1 unspecified atom stereocenters. The van der Waals surface area contributed by atoms with Crippen molar-refractivity contribution in [1.29, 1.82) is 0 Å². The van der Waals surface area contributed by atoms with Crippen LogP contribution in [-0.2, 0) is 5.41 Å². The second-order valence-corrected chi connectivity index (χ2v) is 7.81. The van der Waals surface area contributed by atoms with E-state index in [9.17, 15) is 0 Å². The third-order valence-corrected chi connectivity index (χ3v) is 6.02. The maximum absolute atomic E-state index is 6.36. The van der Waals surface area contributed by atoms with Crippen LogP contribution < -0.4 is 28.4 Å². The van der Waals surface area contributed by atoms with Crippen molar-refractivity contribution in [1.82, 2.24) is 0 Å². The summed E-state index contributed by atoms with van der Waals surface area (Å²) in [6.07, 6.45) is 2.14. The van der Waals surface area contributed by atoms with Crippen molar-refractivity contribution in [2.24, 2.45) is 0 Å². The highest BCUT2D eigenvalue weighted by molar-refractivity contribution is 5.73. The molecule has 1 atom stereocenters. The Balaban J connectivity index is 1.52. The van der Waals surface area contributed by atoms with Crippen molar-refractivity contribution in [3.63, 3.8) is 0 Å². The van der Waals surface area contributed by atoms with E-state index in [-0.39, 0.29) is 13.6 Å². The Labute approximate surface area is 179 Å². The van der Waals surface area contributed by atoms with E-state index >= 15 is 0 Å². The molecule has 0 amide bonds. The molecular weight excluding hydrogens is 396 g/mol. The van der Waals surface area contributed by atoms with Gasteiger partial charge < -0.3 is 28.4 Å². The molecule has 31 heavy (non-hydrogen) atoms. The van der Waals surface area contributed by atoms with Crippen LogP contribution >= 0.6 is 0 Å². The lowest BCUT2D eigenvalue weighted by molar-refractivity contribution is 0.173. The van der Waals surface area contributed by atoms with Crippen LogP contribution in [0.3, 0.4) is 0 Å². The van der Waals surface area contributed by atoms with E-state index in [4.69, 9.17) is 28.4 Å². The molecule has 3 aromatic rings. The molecule has 6 nitrogen and oxygen atoms in total. The number of hydrogen-bond donors (Lipinski definition) is 0. The molecule has 6 rings (SSSR count). The standard InChI is InChI=1S/C25H20O6/c1-25(16-4-8-20-23(10-16)30-14-28-20)12-24(15-3-7-19-22(9-15)29-13-27-19)31-21-11-17(26-2)5-6-18(21)25/h3-12H,13-14H2,1-2H3. The van der Waals surface area contributed by atoms with Gasteiger partial charge in [0, 0.05) is 22.6 Å². The van der Waals surface area contributed by atoms with Crippen LogP contribution in [-0.4, -0.2) is 20.7 Å². The Bertz CT molecular complexity index is 1230. The van der Waals surface area contributed by atoms with Gasteiger partial charge in [0.2, 0.25) is 13.6 Å². The summed E-state index contributed by atoms with van der Waals surface area (Å²) in [5.74, 6) is 5.17. The van der Waals surface area contributed by atoms with Crippen molar-refractivity contribution in [2.45, 2.75) is 12.3 Å². The van der Waals surface area contributed by atoms with Crippen molar-refractivity contribution in [3.8, 4) is 34.5 Å². The molecule has 0 spiro atoms. The lowest BCUT2D eigenvalue weighted by Gasteiger charge is -2.34. The molecule has 0 saturated heterocycles. The maximum atomic E-state index is 6.36. The minimum atomic E-state index is -0.466. The van der Waals surface area contributed by atoms with E-state index < -0.39 is 5.41 Å². The normalized spacial score (nSPS) is 20.0. The first-order valence-electron chi connectivity index (χ1n) is 10.0. The Hall–Kier alpha value is -3.80. The lowest BCUT2D eigenvalue weighted by atomic mass is 9.73. The minimum absolute atomic E-state index is 0.230. The molecule has 3 aliphatic rings. The number of ether oxygens (including phenoxy) is 6. The zero-order valence-electron chi connectivity index (χ0n) is 17.1. The van der Waals surface area contributed by atoms with Crippen LogP contribution in [0.5, 0.6) is 34.5 Å². The summed E-state index contributed by atoms with van der Waals surface area (Å²) in [7, 11) is 1.65. The van der Waals surface area contributed by atoms with E-state index in [1.807, 2.05) is 48.5 Å². The van der Waals surface area contributed by atoms with Gasteiger partial charge in [0.05, 0.1) is 7.11 Å². The van der Waals surface area contributed by atoms with Gasteiger partial charge in [0.1, 0.15) is 17.3 Å². The number of hydrogen-bond acceptors (Lipinski definition) is 6. The fourth-order valence-electron chi connectivity index (χ4n) is 4.28. The molecule has 0 saturated carbocycles. The predicted octanol–water partition coefficient (Wildman–Crippen LogP) is 4.89. The number of methoxy groups -OCH3 is 1. The first-order chi connectivity index (χ1) is 15.1. The van der Waals surface area contributed by atoms with Gasteiger partial charge in [-0.3, -0.25) is 0 Å². The van der Waals surface area contributed by atoms with E-state index in [0.29, 0.717) is 5.75 Å². The smallest absolute Gasteiger partial charge is 0.231 e. The van der Waals surface area contributed by atoms with Gasteiger partial charge in [-0.25, -0.2) is 0 Å². The lowest BCUT2D eigenvalue weighted by Crippen LogP contribution is -2.26. The van der Waals surface area contributed by atoms with Gasteiger partial charge in [-0.2, -0.15) is 0 Å². The van der Waals surface area contributed by atoms with Crippen LogP contribution in [0.25, 0.3) is 5.76 Å². The average Bonchev–Trinajstić information content (AvgIpc) is 3.46. The van der Waals surface area contributed by atoms with Crippen LogP contribution in [0.2, 0.25) is 0 Å². The first-order valence-corrected chi connectivity index (χ1v) is 10.0. The summed E-state index contributed by atoms with van der Waals surface area (Å²) in [6.45, 7) is 2.64. The Morgan fingerprint density at radius 3 is 2.23 bits per heavy atom. The third kappa shape index (κ3) is 2.79. The summed E-state index contributed by atoms with van der Waals surface area (Å²) in [4.78, 5) is 0. The summed E-state index contributed by atoms with van der Waals surface area (Å²) in [6, 6.07) is 17.8. The Morgan fingerprint density at radius 2 is 1.45 bits per heavy atom. The zero-order chi connectivity index (χ0) is 21.0. The molecule has 3 aliphatic heterocycles. The van der Waals surface area contributed by atoms with Crippen LogP contribution in [0.4, 0.5) is 0 Å². The van der Waals surface area contributed by atoms with Crippen molar-refractivity contribution >= 4 is 5.76 Å². The van der Waals surface area contributed by atoms with Gasteiger partial charge in [0.15, 0.2) is 23.0 Å². The van der Waals surface area contributed by atoms with Gasteiger partial charge in [-0.1, -0.05) is 12.1 Å². The molecule has 0 radical (unpaired) electrons. The number of benzene rings is 3. The van der Waals surface area contributed by atoms with Crippen molar-refractivity contribution < 1.29 is 28.4 Å². The topological polar surface area (TPSA) is 55.4 Å². The second kappa shape index (κ2) is 6.60. The largest absolute Gasteiger partial charge is 0.497 e. The fraction of sp³-hybridized carbons (Fsp3) is 0.200. The van der Waals surface area contributed by atoms with Gasteiger partial charge in [-0.15, -0.1) is 0 Å². The Kier molecular flexibility index (Phi) is 3.84. The minimum Gasteiger partial charge on any atom is -0.497 e. The predicted molar refractivity (Wildman–Crippen MR) is 113 cm³/mol. The molecule has 6 heteroatoms. The van der Waals surface area contributed by atoms with Crippen molar-refractivity contribution in [2.75, 3.05) is 20.7 Å². The Morgan fingerprint density at radius 1 is 0.742 bits per heavy atom. The van der Waals surface area contributed by atoms with E-state index in [2.05, 4.69) is 19.1 Å². The summed E-state index contributed by atoms with van der Waals surface area (Å²) >= 11 is 0. The maximum Gasteiger partial charge on any atom is 0.231 e. The molecule has 0 aromatic heterocycles. The highest BCUT2D eigenvalue weighted by atomic mass is 16.7. The quantitative estimate of drug-likeness (QED) is 0.606. The van der Waals surface area contributed by atoms with Gasteiger partial charge in [0.25, 0.3) is 0 Å². The molecule has 0 aliphatic carbocycles. The van der Waals surface area contributed by atoms with Gasteiger partial charge >= 0.3 is 0 Å². The third-order valence-electron chi connectivity index (χ3n) is 6.02. The highest BCUT2D eigenvalue weighted by Crippen LogP contribution is 2.49. The van der Waals surface area contributed by atoms with Crippen LogP contribution in [0.15, 0.2) is 60.7 Å². The first kappa shape index (κ1) is 18.0. The highest BCUT2D eigenvalue weighted by Gasteiger charge is 2.36. The molecule has 3 aromatic carbocycles. The number of rotatable bonds is 3. The molecule has 3 heterocycles. The average molecular weight is 416 g/mol. The van der Waals surface area contributed by atoms with Gasteiger partial charge in [-0.05, 0) is 55.0 Å². The zero-order valence-corrected chi connectivity index (χ0v) is 17.1. The van der Waals surface area contributed by atoms with Crippen LogP contribution in [0.1, 0.15) is 23.6 Å². The fourth-order valence-corrected chi connectivity index (χ4v) is 4.28. The molecule has 156 valence electrons. The van der Waals surface area contributed by atoms with E-state index in [1.54, 1.807) is 7.11 Å². The SMILES string of the molecule is COc1ccc2c(c1)OC(c1ccc3c(c1)OCO3)=CC2(C)c1ccc2c(c1)OCO2. The summed E-state index contributed by atoms with van der Waals surface area (Å²) in [5.41, 5.74) is 2.55.